The second kappa shape index (κ2) is 4.73. The highest BCUT2D eigenvalue weighted by Crippen LogP contribution is 2.23. The summed E-state index contributed by atoms with van der Waals surface area (Å²) in [6.07, 6.45) is 0. The van der Waals surface area contributed by atoms with Gasteiger partial charge in [0.25, 0.3) is 5.91 Å². The Kier molecular flexibility index (Phi) is 3.12. The summed E-state index contributed by atoms with van der Waals surface area (Å²) in [6, 6.07) is 4.18. The molecule has 0 saturated heterocycles. The number of fused-ring (bicyclic) bond motifs is 1. The maximum absolute atomic E-state index is 13.7. The molecule has 0 bridgehead atoms. The number of nitrogens with zero attached hydrogens (tertiary/aromatic N) is 2. The molecule has 0 spiro atoms. The van der Waals surface area contributed by atoms with Gasteiger partial charge in [0.15, 0.2) is 5.84 Å². The number of nitriles is 1. The number of rotatable bonds is 3. The summed E-state index contributed by atoms with van der Waals surface area (Å²) >= 11 is 0. The van der Waals surface area contributed by atoms with Gasteiger partial charge in [0, 0.05) is 17.7 Å². The van der Waals surface area contributed by atoms with Crippen molar-refractivity contribution < 1.29 is 9.18 Å². The predicted octanol–water partition coefficient (Wildman–Crippen LogP) is 0.297. The van der Waals surface area contributed by atoms with Gasteiger partial charge in [-0.15, -0.1) is 0 Å². The van der Waals surface area contributed by atoms with E-state index in [9.17, 15) is 9.18 Å². The van der Waals surface area contributed by atoms with E-state index in [2.05, 4.69) is 15.8 Å². The molecule has 5 N–H and O–H groups in total. The zero-order chi connectivity index (χ0) is 14.0. The molecular formula is C11H9FN6O. The molecule has 96 valence electrons. The first kappa shape index (κ1) is 12.5. The van der Waals surface area contributed by atoms with Crippen molar-refractivity contribution in [2.75, 3.05) is 5.43 Å². The Labute approximate surface area is 107 Å². The van der Waals surface area contributed by atoms with Crippen LogP contribution in [-0.2, 0) is 6.54 Å². The van der Waals surface area contributed by atoms with Crippen LogP contribution in [0.1, 0.15) is 15.9 Å². The van der Waals surface area contributed by atoms with E-state index in [0.717, 1.165) is 6.07 Å². The first-order chi connectivity index (χ1) is 9.02. The van der Waals surface area contributed by atoms with Crippen molar-refractivity contribution in [2.24, 2.45) is 10.8 Å². The number of carbonyl (C=O) groups excluding carboxylic acids is 1. The number of nitrogens with two attached hydrogens (primary N) is 1. The maximum Gasteiger partial charge on any atom is 0.252 e. The second-order valence-electron chi connectivity index (χ2n) is 3.76. The highest BCUT2D eigenvalue weighted by atomic mass is 19.1. The van der Waals surface area contributed by atoms with Crippen molar-refractivity contribution in [3.63, 3.8) is 0 Å². The lowest BCUT2D eigenvalue weighted by Gasteiger charge is -2.04. The number of benzene rings is 1. The highest BCUT2D eigenvalue weighted by Gasteiger charge is 2.23. The molecule has 0 aliphatic carbocycles. The number of nitrogens with one attached hydrogen (secondary N) is 3. The predicted molar refractivity (Wildman–Crippen MR) is 66.2 cm³/mol. The average molecular weight is 260 g/mol. The summed E-state index contributed by atoms with van der Waals surface area (Å²) in [5, 5.41) is 21.8. The molecule has 1 aliphatic heterocycles. The lowest BCUT2D eigenvalue weighted by Crippen LogP contribution is -2.21. The number of anilines is 1. The molecule has 8 heteroatoms. The third kappa shape index (κ3) is 2.35. The first-order valence-corrected chi connectivity index (χ1v) is 5.21. The molecule has 1 aromatic rings. The van der Waals surface area contributed by atoms with Crippen LogP contribution in [0.25, 0.3) is 0 Å². The van der Waals surface area contributed by atoms with Gasteiger partial charge in [-0.05, 0) is 12.1 Å². The number of hydrazone groups is 1. The number of hydrogen-bond acceptors (Lipinski definition) is 5. The van der Waals surface area contributed by atoms with E-state index >= 15 is 0 Å². The fraction of sp³-hybridized carbons (Fsp3) is 0.0909. The Morgan fingerprint density at radius 2 is 2.37 bits per heavy atom. The molecule has 19 heavy (non-hydrogen) atoms. The van der Waals surface area contributed by atoms with E-state index in [1.807, 2.05) is 0 Å². The minimum atomic E-state index is -0.546. The molecule has 1 aromatic carbocycles. The normalized spacial score (nSPS) is 13.5. The van der Waals surface area contributed by atoms with E-state index in [4.69, 9.17) is 16.4 Å². The lowest BCUT2D eigenvalue weighted by atomic mass is 10.1. The quantitative estimate of drug-likeness (QED) is 0.354. The van der Waals surface area contributed by atoms with Gasteiger partial charge < -0.3 is 11.1 Å². The Hall–Kier alpha value is -2.95. The fourth-order valence-corrected chi connectivity index (χ4v) is 1.61. The van der Waals surface area contributed by atoms with Gasteiger partial charge in [0.2, 0.25) is 5.71 Å². The van der Waals surface area contributed by atoms with Crippen molar-refractivity contribution in [3.8, 4) is 6.07 Å². The Balaban J connectivity index is 2.31. The van der Waals surface area contributed by atoms with E-state index in [1.165, 1.54) is 6.07 Å². The van der Waals surface area contributed by atoms with E-state index in [0.29, 0.717) is 5.56 Å². The second-order valence-corrected chi connectivity index (χ2v) is 3.76. The van der Waals surface area contributed by atoms with Crippen LogP contribution >= 0.6 is 0 Å². The smallest absolute Gasteiger partial charge is 0.252 e. The Morgan fingerprint density at radius 1 is 1.63 bits per heavy atom. The summed E-state index contributed by atoms with van der Waals surface area (Å²) in [7, 11) is 0. The maximum atomic E-state index is 13.7. The molecule has 1 aliphatic rings. The molecule has 0 atom stereocenters. The van der Waals surface area contributed by atoms with Gasteiger partial charge in [-0.2, -0.15) is 10.4 Å². The fourth-order valence-electron chi connectivity index (χ4n) is 1.61. The van der Waals surface area contributed by atoms with Crippen LogP contribution in [0.3, 0.4) is 0 Å². The molecule has 1 amide bonds. The number of halogens is 1. The van der Waals surface area contributed by atoms with Crippen LogP contribution in [0.15, 0.2) is 17.2 Å². The monoisotopic (exact) mass is 260 g/mol. The molecule has 0 unspecified atom stereocenters. The van der Waals surface area contributed by atoms with Crippen LogP contribution < -0.4 is 16.5 Å². The molecule has 0 radical (unpaired) electrons. The van der Waals surface area contributed by atoms with Crippen LogP contribution in [0, 0.1) is 22.6 Å². The van der Waals surface area contributed by atoms with Crippen molar-refractivity contribution in [1.82, 2.24) is 5.32 Å². The van der Waals surface area contributed by atoms with Gasteiger partial charge in [0.1, 0.15) is 11.9 Å². The van der Waals surface area contributed by atoms with Crippen molar-refractivity contribution >= 4 is 23.1 Å². The van der Waals surface area contributed by atoms with E-state index in [1.54, 1.807) is 6.07 Å². The highest BCUT2D eigenvalue weighted by molar-refractivity contribution is 6.45. The molecule has 2 rings (SSSR count). The third-order valence-corrected chi connectivity index (χ3v) is 2.52. The number of amides is 1. The Bertz CT molecular complexity index is 645. The van der Waals surface area contributed by atoms with E-state index < -0.39 is 11.7 Å². The topological polar surface area (TPSA) is 127 Å². The number of amidine groups is 1. The van der Waals surface area contributed by atoms with Gasteiger partial charge in [-0.25, -0.2) is 4.39 Å². The first-order valence-electron chi connectivity index (χ1n) is 5.21. The molecular weight excluding hydrogens is 251 g/mol. The van der Waals surface area contributed by atoms with Crippen molar-refractivity contribution in [2.45, 2.75) is 6.54 Å². The van der Waals surface area contributed by atoms with Crippen LogP contribution in [0.4, 0.5) is 10.1 Å². The molecule has 1 heterocycles. The van der Waals surface area contributed by atoms with Gasteiger partial charge in [-0.3, -0.25) is 15.6 Å². The van der Waals surface area contributed by atoms with Gasteiger partial charge in [0.05, 0.1) is 5.69 Å². The average Bonchev–Trinajstić information content (AvgIpc) is 2.72. The van der Waals surface area contributed by atoms with Crippen LogP contribution in [0.5, 0.6) is 0 Å². The van der Waals surface area contributed by atoms with Crippen molar-refractivity contribution in [1.29, 1.82) is 10.7 Å². The zero-order valence-electron chi connectivity index (χ0n) is 9.62. The number of carbonyl (C=O) groups is 1. The third-order valence-electron chi connectivity index (χ3n) is 2.52. The summed E-state index contributed by atoms with van der Waals surface area (Å²) < 4.78 is 13.7. The van der Waals surface area contributed by atoms with Gasteiger partial charge in [-0.1, -0.05) is 0 Å². The largest absolute Gasteiger partial charge is 0.382 e. The molecule has 0 saturated carbocycles. The minimum Gasteiger partial charge on any atom is -0.382 e. The van der Waals surface area contributed by atoms with Gasteiger partial charge >= 0.3 is 0 Å². The SMILES string of the molecule is N#C/C(=N\Nc1cc(F)c2c(c1)C(=O)NC2)C(=N)N. The molecule has 7 nitrogen and oxygen atoms in total. The van der Waals surface area contributed by atoms with Crippen LogP contribution in [-0.4, -0.2) is 17.5 Å². The summed E-state index contributed by atoms with van der Waals surface area (Å²) in [5.41, 5.74) is 7.89. The summed E-state index contributed by atoms with van der Waals surface area (Å²) in [4.78, 5) is 11.4. The Morgan fingerprint density at radius 3 is 3.00 bits per heavy atom. The minimum absolute atomic E-state index is 0.153. The van der Waals surface area contributed by atoms with Crippen LogP contribution in [0.2, 0.25) is 0 Å². The van der Waals surface area contributed by atoms with E-state index in [-0.39, 0.29) is 29.4 Å². The number of hydrogen-bond donors (Lipinski definition) is 4. The molecule has 0 fully saturated rings. The summed E-state index contributed by atoms with van der Waals surface area (Å²) in [6.45, 7) is 0.153. The summed E-state index contributed by atoms with van der Waals surface area (Å²) in [5.74, 6) is -1.42. The molecule has 0 aromatic heterocycles. The lowest BCUT2D eigenvalue weighted by molar-refractivity contribution is 0.0966. The zero-order valence-corrected chi connectivity index (χ0v) is 9.62. The van der Waals surface area contributed by atoms with Crippen molar-refractivity contribution in [3.05, 3.63) is 29.1 Å². The standard InChI is InChI=1S/C11H9FN6O/c12-8-2-5(17-18-9(3-13)10(14)15)1-6-7(8)4-16-11(6)19/h1-2,17H,4H2,(H3,14,15)(H,16,19)/b18-9+.